The standard InChI is InChI=1S/C8H6F3NO/c1-5-3-12-6(4-13)2-7(5)8(9,10)11/h2-4H,1H3. The van der Waals surface area contributed by atoms with Crippen molar-refractivity contribution in [3.8, 4) is 0 Å². The van der Waals surface area contributed by atoms with Crippen molar-refractivity contribution in [3.05, 3.63) is 29.1 Å². The van der Waals surface area contributed by atoms with Crippen LogP contribution in [-0.2, 0) is 6.18 Å². The number of pyridine rings is 1. The zero-order chi connectivity index (χ0) is 10.1. The predicted octanol–water partition coefficient (Wildman–Crippen LogP) is 2.22. The number of aryl methyl sites for hydroxylation is 1. The maximum absolute atomic E-state index is 12.2. The Morgan fingerprint density at radius 3 is 2.54 bits per heavy atom. The van der Waals surface area contributed by atoms with Gasteiger partial charge in [0.2, 0.25) is 0 Å². The van der Waals surface area contributed by atoms with Crippen LogP contribution in [-0.4, -0.2) is 11.3 Å². The van der Waals surface area contributed by atoms with Gasteiger partial charge >= 0.3 is 6.18 Å². The molecule has 0 atom stereocenters. The summed E-state index contributed by atoms with van der Waals surface area (Å²) in [5.74, 6) is 0. The van der Waals surface area contributed by atoms with E-state index in [1.165, 1.54) is 6.92 Å². The van der Waals surface area contributed by atoms with Gasteiger partial charge in [0.15, 0.2) is 6.29 Å². The Morgan fingerprint density at radius 1 is 1.46 bits per heavy atom. The van der Waals surface area contributed by atoms with Crippen molar-refractivity contribution in [1.82, 2.24) is 4.98 Å². The lowest BCUT2D eigenvalue weighted by Crippen LogP contribution is -2.08. The normalized spacial score (nSPS) is 11.4. The Morgan fingerprint density at radius 2 is 2.08 bits per heavy atom. The summed E-state index contributed by atoms with van der Waals surface area (Å²) in [4.78, 5) is 13.7. The highest BCUT2D eigenvalue weighted by Crippen LogP contribution is 2.31. The Hall–Kier alpha value is -1.39. The second-order valence-electron chi connectivity index (χ2n) is 2.54. The summed E-state index contributed by atoms with van der Waals surface area (Å²) < 4.78 is 36.7. The van der Waals surface area contributed by atoms with Gasteiger partial charge in [-0.25, -0.2) is 0 Å². The maximum Gasteiger partial charge on any atom is 0.416 e. The Balaban J connectivity index is 3.27. The molecule has 1 aromatic heterocycles. The number of halogens is 3. The van der Waals surface area contributed by atoms with E-state index in [4.69, 9.17) is 0 Å². The van der Waals surface area contributed by atoms with Crippen LogP contribution in [0.4, 0.5) is 13.2 Å². The molecule has 0 saturated carbocycles. The van der Waals surface area contributed by atoms with Crippen molar-refractivity contribution in [3.63, 3.8) is 0 Å². The molecule has 0 radical (unpaired) electrons. The van der Waals surface area contributed by atoms with Crippen molar-refractivity contribution < 1.29 is 18.0 Å². The molecule has 2 nitrogen and oxygen atoms in total. The van der Waals surface area contributed by atoms with Crippen LogP contribution in [0.1, 0.15) is 21.6 Å². The molecule has 0 saturated heterocycles. The van der Waals surface area contributed by atoms with E-state index in [0.717, 1.165) is 12.3 Å². The van der Waals surface area contributed by atoms with Crippen LogP contribution in [0.2, 0.25) is 0 Å². The molecule has 1 aromatic rings. The SMILES string of the molecule is Cc1cnc(C=O)cc1C(F)(F)F. The van der Waals surface area contributed by atoms with E-state index in [0.29, 0.717) is 0 Å². The van der Waals surface area contributed by atoms with Gasteiger partial charge < -0.3 is 0 Å². The summed E-state index contributed by atoms with van der Waals surface area (Å²) in [5.41, 5.74) is -1.01. The molecule has 0 bridgehead atoms. The van der Waals surface area contributed by atoms with Crippen LogP contribution in [0.3, 0.4) is 0 Å². The molecule has 13 heavy (non-hydrogen) atoms. The summed E-state index contributed by atoms with van der Waals surface area (Å²) in [6.07, 6.45) is -3.11. The number of carbonyl (C=O) groups excluding carboxylic acids is 1. The average molecular weight is 189 g/mol. The van der Waals surface area contributed by atoms with Gasteiger partial charge in [-0.1, -0.05) is 0 Å². The summed E-state index contributed by atoms with van der Waals surface area (Å²) in [6, 6.07) is 0.738. The van der Waals surface area contributed by atoms with Crippen molar-refractivity contribution >= 4 is 6.29 Å². The molecule has 5 heteroatoms. The Labute approximate surface area is 72.4 Å². The van der Waals surface area contributed by atoms with Crippen LogP contribution < -0.4 is 0 Å². The maximum atomic E-state index is 12.2. The van der Waals surface area contributed by atoms with Gasteiger partial charge in [-0.15, -0.1) is 0 Å². The van der Waals surface area contributed by atoms with Crippen molar-refractivity contribution in [2.45, 2.75) is 13.1 Å². The van der Waals surface area contributed by atoms with Crippen LogP contribution in [0.15, 0.2) is 12.3 Å². The summed E-state index contributed by atoms with van der Waals surface area (Å²) >= 11 is 0. The number of rotatable bonds is 1. The molecule has 70 valence electrons. The van der Waals surface area contributed by atoms with E-state index in [9.17, 15) is 18.0 Å². The summed E-state index contributed by atoms with van der Waals surface area (Å²) in [6.45, 7) is 1.30. The molecule has 0 amide bonds. The average Bonchev–Trinajstić information content (AvgIpc) is 2.03. The number of carbonyl (C=O) groups is 1. The summed E-state index contributed by atoms with van der Waals surface area (Å²) in [5, 5.41) is 0. The minimum atomic E-state index is -4.43. The molecule has 0 aliphatic carbocycles. The smallest absolute Gasteiger partial charge is 0.296 e. The number of hydrogen-bond acceptors (Lipinski definition) is 2. The lowest BCUT2D eigenvalue weighted by Gasteiger charge is -2.09. The second kappa shape index (κ2) is 3.16. The largest absolute Gasteiger partial charge is 0.416 e. The van der Waals surface area contributed by atoms with Gasteiger partial charge in [0, 0.05) is 6.20 Å². The third-order valence-electron chi connectivity index (χ3n) is 1.55. The lowest BCUT2D eigenvalue weighted by molar-refractivity contribution is -0.138. The third-order valence-corrected chi connectivity index (χ3v) is 1.55. The first-order valence-electron chi connectivity index (χ1n) is 3.44. The van der Waals surface area contributed by atoms with Crippen LogP contribution in [0.25, 0.3) is 0 Å². The van der Waals surface area contributed by atoms with Crippen LogP contribution in [0, 0.1) is 6.92 Å². The predicted molar refractivity (Wildman–Crippen MR) is 39.4 cm³/mol. The molecule has 1 heterocycles. The Bertz CT molecular complexity index is 333. The highest BCUT2D eigenvalue weighted by Gasteiger charge is 2.32. The highest BCUT2D eigenvalue weighted by molar-refractivity contribution is 5.72. The fraction of sp³-hybridized carbons (Fsp3) is 0.250. The van der Waals surface area contributed by atoms with Gasteiger partial charge in [0.05, 0.1) is 5.56 Å². The highest BCUT2D eigenvalue weighted by atomic mass is 19.4. The molecule has 0 unspecified atom stereocenters. The fourth-order valence-electron chi connectivity index (χ4n) is 0.910. The molecule has 0 aliphatic rings. The van der Waals surface area contributed by atoms with Gasteiger partial charge in [-0.3, -0.25) is 9.78 Å². The molecule has 0 aromatic carbocycles. The molecule has 0 fully saturated rings. The van der Waals surface area contributed by atoms with Crippen molar-refractivity contribution in [1.29, 1.82) is 0 Å². The summed E-state index contributed by atoms with van der Waals surface area (Å²) in [7, 11) is 0. The first kappa shape index (κ1) is 9.70. The lowest BCUT2D eigenvalue weighted by atomic mass is 10.1. The van der Waals surface area contributed by atoms with E-state index in [1.54, 1.807) is 0 Å². The molecular formula is C8H6F3NO. The zero-order valence-corrected chi connectivity index (χ0v) is 6.72. The van der Waals surface area contributed by atoms with E-state index in [-0.39, 0.29) is 17.5 Å². The van der Waals surface area contributed by atoms with Crippen LogP contribution in [0.5, 0.6) is 0 Å². The van der Waals surface area contributed by atoms with Gasteiger partial charge in [0.25, 0.3) is 0 Å². The van der Waals surface area contributed by atoms with Crippen molar-refractivity contribution in [2.24, 2.45) is 0 Å². The minimum Gasteiger partial charge on any atom is -0.296 e. The monoisotopic (exact) mass is 189 g/mol. The number of alkyl halides is 3. The minimum absolute atomic E-state index is 0.0121. The molecule has 0 spiro atoms. The third kappa shape index (κ3) is 2.05. The van der Waals surface area contributed by atoms with E-state index in [2.05, 4.69) is 4.98 Å². The molecule has 1 rings (SSSR count). The molecule has 0 aliphatic heterocycles. The van der Waals surface area contributed by atoms with Gasteiger partial charge in [0.1, 0.15) is 5.69 Å². The van der Waals surface area contributed by atoms with Gasteiger partial charge in [-0.2, -0.15) is 13.2 Å². The first-order valence-corrected chi connectivity index (χ1v) is 3.44. The van der Waals surface area contributed by atoms with E-state index >= 15 is 0 Å². The number of aromatic nitrogens is 1. The second-order valence-corrected chi connectivity index (χ2v) is 2.54. The quantitative estimate of drug-likeness (QED) is 0.634. The van der Waals surface area contributed by atoms with Crippen molar-refractivity contribution in [2.75, 3.05) is 0 Å². The zero-order valence-electron chi connectivity index (χ0n) is 6.72. The topological polar surface area (TPSA) is 30.0 Å². The fourth-order valence-corrected chi connectivity index (χ4v) is 0.910. The van der Waals surface area contributed by atoms with Gasteiger partial charge in [-0.05, 0) is 18.6 Å². The van der Waals surface area contributed by atoms with E-state index < -0.39 is 11.7 Å². The number of nitrogens with zero attached hydrogens (tertiary/aromatic N) is 1. The molecular weight excluding hydrogens is 183 g/mol. The molecule has 0 N–H and O–H groups in total. The number of hydrogen-bond donors (Lipinski definition) is 0. The van der Waals surface area contributed by atoms with Crippen LogP contribution >= 0.6 is 0 Å². The first-order chi connectivity index (χ1) is 5.95. The van der Waals surface area contributed by atoms with E-state index in [1.807, 2.05) is 0 Å². The number of aldehydes is 1. The Kier molecular flexibility index (Phi) is 2.36.